The Labute approximate surface area is 111 Å². The molecule has 0 atom stereocenters. The second-order valence-corrected chi connectivity index (χ2v) is 5.48. The second kappa shape index (κ2) is 4.74. The number of nitrogens with zero attached hydrogens (tertiary/aromatic N) is 2. The molecule has 1 aromatic heterocycles. The van der Waals surface area contributed by atoms with E-state index in [2.05, 4.69) is 0 Å². The molecule has 0 aliphatic rings. The van der Waals surface area contributed by atoms with Crippen molar-refractivity contribution in [3.8, 4) is 0 Å². The van der Waals surface area contributed by atoms with Crippen LogP contribution in [-0.2, 0) is 10.0 Å². The van der Waals surface area contributed by atoms with Gasteiger partial charge in [0, 0.05) is 24.4 Å². The molecule has 20 heavy (non-hydrogen) atoms. The van der Waals surface area contributed by atoms with Gasteiger partial charge in [0.15, 0.2) is 0 Å². The third-order valence-corrected chi connectivity index (χ3v) is 4.07. The number of aromatic amines is 1. The zero-order valence-electron chi connectivity index (χ0n) is 9.72. The van der Waals surface area contributed by atoms with E-state index in [0.717, 1.165) is 36.5 Å². The van der Waals surface area contributed by atoms with Crippen LogP contribution in [-0.4, -0.2) is 22.3 Å². The number of aromatic nitrogens is 2. The highest BCUT2D eigenvalue weighted by Gasteiger charge is 2.19. The van der Waals surface area contributed by atoms with Gasteiger partial charge in [-0.1, -0.05) is 0 Å². The molecule has 0 aliphatic heterocycles. The number of hydrogen-bond donors (Lipinski definition) is 1. The number of hydrogen-bond acceptors (Lipinski definition) is 6. The van der Waals surface area contributed by atoms with Gasteiger partial charge in [0.2, 0.25) is 0 Å². The van der Waals surface area contributed by atoms with Gasteiger partial charge in [0.05, 0.1) is 9.82 Å². The number of nitro benzene ring substituents is 1. The van der Waals surface area contributed by atoms with Crippen LogP contribution in [0.5, 0.6) is 0 Å². The van der Waals surface area contributed by atoms with Crippen LogP contribution < -0.4 is 11.2 Å². The van der Waals surface area contributed by atoms with Gasteiger partial charge in [-0.05, 0) is 12.1 Å². The number of non-ortho nitro benzene ring substituents is 1. The Kier molecular flexibility index (Phi) is 3.24. The fraction of sp³-hybridized carbons (Fsp3) is 0. The number of rotatable bonds is 3. The van der Waals surface area contributed by atoms with Gasteiger partial charge in [-0.2, -0.15) is 3.97 Å². The molecule has 0 aliphatic carbocycles. The van der Waals surface area contributed by atoms with E-state index in [9.17, 15) is 28.1 Å². The van der Waals surface area contributed by atoms with Crippen molar-refractivity contribution < 1.29 is 13.3 Å². The molecule has 0 unspecified atom stereocenters. The highest BCUT2D eigenvalue weighted by Crippen LogP contribution is 2.16. The maximum absolute atomic E-state index is 12.1. The summed E-state index contributed by atoms with van der Waals surface area (Å²) in [6.45, 7) is 0. The maximum atomic E-state index is 12.1. The van der Waals surface area contributed by atoms with Crippen LogP contribution in [0.4, 0.5) is 5.69 Å². The molecule has 2 rings (SSSR count). The first-order valence-corrected chi connectivity index (χ1v) is 6.58. The summed E-state index contributed by atoms with van der Waals surface area (Å²) in [6.07, 6.45) is 0.817. The monoisotopic (exact) mass is 297 g/mol. The summed E-state index contributed by atoms with van der Waals surface area (Å²) in [7, 11) is -4.22. The maximum Gasteiger partial charge on any atom is 0.342 e. The van der Waals surface area contributed by atoms with Crippen LogP contribution in [0.25, 0.3) is 0 Å². The molecule has 2 aromatic rings. The van der Waals surface area contributed by atoms with Crippen molar-refractivity contribution in [1.29, 1.82) is 0 Å². The van der Waals surface area contributed by atoms with Crippen LogP contribution in [0.15, 0.2) is 51.0 Å². The van der Waals surface area contributed by atoms with Crippen LogP contribution in [0.3, 0.4) is 0 Å². The minimum absolute atomic E-state index is 0.280. The Morgan fingerprint density at radius 3 is 2.20 bits per heavy atom. The third-order valence-electron chi connectivity index (χ3n) is 2.40. The van der Waals surface area contributed by atoms with Crippen LogP contribution in [0.2, 0.25) is 0 Å². The van der Waals surface area contributed by atoms with Gasteiger partial charge >= 0.3 is 5.69 Å². The molecule has 104 valence electrons. The van der Waals surface area contributed by atoms with Crippen LogP contribution in [0.1, 0.15) is 0 Å². The van der Waals surface area contributed by atoms with Crippen LogP contribution >= 0.6 is 0 Å². The SMILES string of the molecule is O=c1ccn(S(=O)(=O)c2ccc([N+](=O)[O-])cc2)c(=O)[nH]1. The first kappa shape index (κ1) is 13.7. The average molecular weight is 297 g/mol. The summed E-state index contributed by atoms with van der Waals surface area (Å²) in [4.78, 5) is 33.6. The fourth-order valence-corrected chi connectivity index (χ4v) is 2.64. The van der Waals surface area contributed by atoms with Gasteiger partial charge in [-0.25, -0.2) is 13.2 Å². The Morgan fingerprint density at radius 2 is 1.70 bits per heavy atom. The van der Waals surface area contributed by atoms with Gasteiger partial charge in [-0.3, -0.25) is 19.9 Å². The molecule has 0 radical (unpaired) electrons. The van der Waals surface area contributed by atoms with Crippen molar-refractivity contribution in [3.05, 3.63) is 67.5 Å². The molecule has 1 heterocycles. The second-order valence-electron chi connectivity index (χ2n) is 3.66. The molecular weight excluding hydrogens is 290 g/mol. The van der Waals surface area contributed by atoms with E-state index in [1.807, 2.05) is 4.98 Å². The van der Waals surface area contributed by atoms with Crippen molar-refractivity contribution >= 4 is 15.7 Å². The molecule has 9 nitrogen and oxygen atoms in total. The normalized spacial score (nSPS) is 11.2. The minimum atomic E-state index is -4.22. The third kappa shape index (κ3) is 2.36. The molecule has 0 bridgehead atoms. The van der Waals surface area contributed by atoms with E-state index < -0.39 is 26.2 Å². The van der Waals surface area contributed by atoms with Crippen LogP contribution in [0, 0.1) is 10.1 Å². The lowest BCUT2D eigenvalue weighted by atomic mass is 10.3. The summed E-state index contributed by atoms with van der Waals surface area (Å²) < 4.78 is 24.6. The molecular formula is C10H7N3O6S. The van der Waals surface area contributed by atoms with Gasteiger partial charge < -0.3 is 0 Å². The van der Waals surface area contributed by atoms with E-state index in [4.69, 9.17) is 0 Å². The summed E-state index contributed by atoms with van der Waals surface area (Å²) in [5.74, 6) is 0. The van der Waals surface area contributed by atoms with Crippen molar-refractivity contribution in [1.82, 2.24) is 8.96 Å². The smallest absolute Gasteiger partial charge is 0.273 e. The van der Waals surface area contributed by atoms with Crippen molar-refractivity contribution in [2.75, 3.05) is 0 Å². The van der Waals surface area contributed by atoms with Crippen molar-refractivity contribution in [2.45, 2.75) is 4.90 Å². The minimum Gasteiger partial charge on any atom is -0.273 e. The summed E-state index contributed by atoms with van der Waals surface area (Å²) in [6, 6.07) is 4.90. The standard InChI is InChI=1S/C10H7N3O6S/c14-9-5-6-12(10(15)11-9)20(18,19)8-3-1-7(2-4-8)13(16)17/h1-6H,(H,11,14,15). The number of benzene rings is 1. The van der Waals surface area contributed by atoms with E-state index in [-0.39, 0.29) is 10.6 Å². The predicted octanol–water partition coefficient (Wildman–Crippen LogP) is -0.318. The Balaban J connectivity index is 2.58. The molecule has 0 saturated carbocycles. The zero-order chi connectivity index (χ0) is 14.9. The van der Waals surface area contributed by atoms with Gasteiger partial charge in [0.1, 0.15) is 0 Å². The Morgan fingerprint density at radius 1 is 1.10 bits per heavy atom. The summed E-state index contributed by atoms with van der Waals surface area (Å²) in [5.41, 5.74) is -2.13. The quantitative estimate of drug-likeness (QED) is 0.610. The summed E-state index contributed by atoms with van der Waals surface area (Å²) >= 11 is 0. The molecule has 1 aromatic carbocycles. The van der Waals surface area contributed by atoms with E-state index in [1.165, 1.54) is 0 Å². The topological polar surface area (TPSA) is 132 Å². The number of H-pyrrole nitrogens is 1. The lowest BCUT2D eigenvalue weighted by Crippen LogP contribution is -2.33. The lowest BCUT2D eigenvalue weighted by Gasteiger charge is -2.05. The summed E-state index contributed by atoms with van der Waals surface area (Å²) in [5, 5.41) is 10.5. The van der Waals surface area contributed by atoms with Crippen molar-refractivity contribution in [3.63, 3.8) is 0 Å². The average Bonchev–Trinajstić information content (AvgIpc) is 2.38. The molecule has 1 N–H and O–H groups in total. The fourth-order valence-electron chi connectivity index (χ4n) is 1.45. The number of nitrogens with one attached hydrogen (secondary N) is 1. The van der Waals surface area contributed by atoms with E-state index in [1.54, 1.807) is 0 Å². The molecule has 0 saturated heterocycles. The Bertz CT molecular complexity index is 878. The lowest BCUT2D eigenvalue weighted by molar-refractivity contribution is -0.384. The molecule has 0 amide bonds. The predicted molar refractivity (Wildman–Crippen MR) is 67.0 cm³/mol. The first-order valence-electron chi connectivity index (χ1n) is 5.14. The molecule has 0 fully saturated rings. The number of nitro groups is 1. The zero-order valence-corrected chi connectivity index (χ0v) is 10.5. The largest absolute Gasteiger partial charge is 0.342 e. The van der Waals surface area contributed by atoms with Gasteiger partial charge in [0.25, 0.3) is 21.3 Å². The van der Waals surface area contributed by atoms with Crippen molar-refractivity contribution in [2.24, 2.45) is 0 Å². The molecule has 10 heteroatoms. The Hall–Kier alpha value is -2.75. The highest BCUT2D eigenvalue weighted by molar-refractivity contribution is 7.90. The first-order chi connectivity index (χ1) is 9.32. The van der Waals surface area contributed by atoms with E-state index in [0.29, 0.717) is 3.97 Å². The van der Waals surface area contributed by atoms with E-state index >= 15 is 0 Å². The highest BCUT2D eigenvalue weighted by atomic mass is 32.2. The van der Waals surface area contributed by atoms with Gasteiger partial charge in [-0.15, -0.1) is 0 Å². The molecule has 0 spiro atoms.